The number of rotatable bonds is 13. The Morgan fingerprint density at radius 3 is 1.77 bits per heavy atom. The molecule has 12 nitrogen and oxygen atoms in total. The van der Waals surface area contributed by atoms with Crippen LogP contribution in [0.5, 0.6) is 11.5 Å². The number of ether oxygens (including phenoxy) is 2. The van der Waals surface area contributed by atoms with Crippen molar-refractivity contribution in [2.75, 3.05) is 65.4 Å². The van der Waals surface area contributed by atoms with E-state index >= 15 is 0 Å². The highest BCUT2D eigenvalue weighted by atomic mass is 16.5. The molecule has 60 heavy (non-hydrogen) atoms. The molecule has 4 aliphatic heterocycles. The number of likely N-dealkylation sites (tertiary alicyclic amines) is 2. The highest BCUT2D eigenvalue weighted by molar-refractivity contribution is 5.75. The van der Waals surface area contributed by atoms with Crippen molar-refractivity contribution in [3.63, 3.8) is 0 Å². The largest absolute Gasteiger partial charge is 0.490 e. The fraction of sp³-hybridized carbons (Fsp3) is 0.458. The molecule has 4 aliphatic rings. The number of aliphatic hydroxyl groups is 2. The minimum absolute atomic E-state index is 0.0204. The number of carbonyl (C=O) groups excluding carboxylic acids is 2. The van der Waals surface area contributed by atoms with Gasteiger partial charge in [-0.2, -0.15) is 0 Å². The van der Waals surface area contributed by atoms with Crippen LogP contribution in [0.25, 0.3) is 11.1 Å². The van der Waals surface area contributed by atoms with Gasteiger partial charge in [0.05, 0.1) is 18.8 Å². The van der Waals surface area contributed by atoms with Crippen molar-refractivity contribution in [2.45, 2.75) is 76.0 Å². The number of urea groups is 2. The SMILES string of the molecule is O=C(NCC(O)CN1CCc2ccccc2C1)N1CCC(Oc2ccccc2-c2ccc(OC3CCCN(C(=O)NCC(O)CN4CCc5ccccc5C4)C3)cc2)CC1. The summed E-state index contributed by atoms with van der Waals surface area (Å²) in [4.78, 5) is 34.2. The van der Waals surface area contributed by atoms with E-state index in [1.54, 1.807) is 4.90 Å². The maximum Gasteiger partial charge on any atom is 0.317 e. The van der Waals surface area contributed by atoms with Gasteiger partial charge in [0.2, 0.25) is 0 Å². The van der Waals surface area contributed by atoms with Gasteiger partial charge in [-0.15, -0.1) is 0 Å². The highest BCUT2D eigenvalue weighted by Gasteiger charge is 2.28. The van der Waals surface area contributed by atoms with Crippen molar-refractivity contribution in [2.24, 2.45) is 0 Å². The number of piperidine rings is 2. The number of amides is 4. The molecule has 4 aromatic carbocycles. The van der Waals surface area contributed by atoms with E-state index in [1.807, 2.05) is 47.4 Å². The van der Waals surface area contributed by atoms with E-state index in [0.29, 0.717) is 39.3 Å². The molecule has 8 rings (SSSR count). The first kappa shape index (κ1) is 41.6. The first-order valence-corrected chi connectivity index (χ1v) is 21.9. The molecule has 0 saturated carbocycles. The van der Waals surface area contributed by atoms with Gasteiger partial charge >= 0.3 is 12.1 Å². The number of benzene rings is 4. The summed E-state index contributed by atoms with van der Waals surface area (Å²) in [5.41, 5.74) is 7.38. The van der Waals surface area contributed by atoms with E-state index in [1.165, 1.54) is 22.3 Å². The van der Waals surface area contributed by atoms with Gasteiger partial charge in [-0.05, 0) is 71.7 Å². The Labute approximate surface area is 354 Å². The van der Waals surface area contributed by atoms with Gasteiger partial charge in [0, 0.05) is 90.4 Å². The van der Waals surface area contributed by atoms with Gasteiger partial charge in [-0.1, -0.05) is 78.9 Å². The number of nitrogens with zero attached hydrogens (tertiary/aromatic N) is 4. The maximum absolute atomic E-state index is 13.1. The third kappa shape index (κ3) is 11.0. The van der Waals surface area contributed by atoms with Gasteiger partial charge in [0.1, 0.15) is 23.7 Å². The lowest BCUT2D eigenvalue weighted by Crippen LogP contribution is -2.50. The first-order valence-electron chi connectivity index (χ1n) is 21.9. The molecule has 4 aromatic rings. The number of β-amino-alcohol motifs (C(OH)–C–C–N with tert-alkyl or cyclic N) is 2. The van der Waals surface area contributed by atoms with Crippen LogP contribution in [0.4, 0.5) is 9.59 Å². The average molecular weight is 817 g/mol. The number of hydrogen-bond acceptors (Lipinski definition) is 8. The van der Waals surface area contributed by atoms with E-state index < -0.39 is 12.2 Å². The Morgan fingerprint density at radius 2 is 1.15 bits per heavy atom. The normalized spacial score (nSPS) is 19.7. The molecular weight excluding hydrogens is 757 g/mol. The van der Waals surface area contributed by atoms with Gasteiger partial charge in [0.15, 0.2) is 0 Å². The fourth-order valence-corrected chi connectivity index (χ4v) is 9.07. The molecular formula is C48H60N6O6. The number of aliphatic hydroxyl groups excluding tert-OH is 2. The summed E-state index contributed by atoms with van der Waals surface area (Å²) in [6, 6.07) is 32.7. The van der Waals surface area contributed by atoms with Crippen molar-refractivity contribution in [1.29, 1.82) is 0 Å². The summed E-state index contributed by atoms with van der Waals surface area (Å²) in [7, 11) is 0. The number of nitrogens with one attached hydrogen (secondary N) is 2. The van der Waals surface area contributed by atoms with Crippen LogP contribution >= 0.6 is 0 Å². The Bertz CT molecular complexity index is 2040. The molecule has 0 radical (unpaired) electrons. The van der Waals surface area contributed by atoms with Crippen molar-refractivity contribution >= 4 is 12.1 Å². The summed E-state index contributed by atoms with van der Waals surface area (Å²) in [5, 5.41) is 27.3. The Hall–Kier alpha value is -5.14. The average Bonchev–Trinajstić information content (AvgIpc) is 3.28. The summed E-state index contributed by atoms with van der Waals surface area (Å²) in [6.45, 7) is 7.26. The summed E-state index contributed by atoms with van der Waals surface area (Å²) in [6.07, 6.45) is 3.68. The van der Waals surface area contributed by atoms with Crippen LogP contribution in [0, 0.1) is 0 Å². The van der Waals surface area contributed by atoms with Crippen molar-refractivity contribution in [3.05, 3.63) is 119 Å². The van der Waals surface area contributed by atoms with Crippen LogP contribution in [0.2, 0.25) is 0 Å². The molecule has 12 heteroatoms. The molecule has 4 heterocycles. The fourth-order valence-electron chi connectivity index (χ4n) is 9.07. The molecule has 2 saturated heterocycles. The van der Waals surface area contributed by atoms with E-state index in [0.717, 1.165) is 87.3 Å². The number of fused-ring (bicyclic) bond motifs is 2. The van der Waals surface area contributed by atoms with Crippen LogP contribution in [-0.4, -0.2) is 132 Å². The Kier molecular flexibility index (Phi) is 13.8. The predicted molar refractivity (Wildman–Crippen MR) is 232 cm³/mol. The topological polar surface area (TPSA) is 130 Å². The molecule has 318 valence electrons. The van der Waals surface area contributed by atoms with Crippen LogP contribution in [-0.2, 0) is 25.9 Å². The minimum atomic E-state index is -0.641. The number of hydrogen-bond donors (Lipinski definition) is 4. The van der Waals surface area contributed by atoms with Crippen LogP contribution < -0.4 is 20.1 Å². The summed E-state index contributed by atoms with van der Waals surface area (Å²) < 4.78 is 12.9. The molecule has 3 atom stereocenters. The standard InChI is InChI=1S/C48H60N6O6/c55-40(32-51-24-19-35-8-1-3-10-38(35)30-51)28-49-47(57)53-26-21-43(22-27-53)60-46-14-6-5-13-45(46)37-15-17-42(18-16-37)59-44-12-7-23-54(34-44)48(58)50-29-41(56)33-52-25-20-36-9-2-4-11-39(36)31-52/h1-6,8-11,13-18,40-41,43-44,55-56H,7,12,19-34H2,(H,49,57)(H,50,58). The zero-order valence-corrected chi connectivity index (χ0v) is 34.6. The summed E-state index contributed by atoms with van der Waals surface area (Å²) in [5.74, 6) is 1.55. The molecule has 4 amide bonds. The third-order valence-corrected chi connectivity index (χ3v) is 12.4. The van der Waals surface area contributed by atoms with Crippen LogP contribution in [0.15, 0.2) is 97.1 Å². The first-order chi connectivity index (χ1) is 29.3. The molecule has 2 fully saturated rings. The van der Waals surface area contributed by atoms with Gasteiger partial charge in [-0.25, -0.2) is 9.59 Å². The van der Waals surface area contributed by atoms with Gasteiger partial charge in [-0.3, -0.25) is 9.80 Å². The van der Waals surface area contributed by atoms with Gasteiger partial charge < -0.3 is 40.1 Å². The predicted octanol–water partition coefficient (Wildman–Crippen LogP) is 5.30. The maximum atomic E-state index is 13.1. The van der Waals surface area contributed by atoms with E-state index in [4.69, 9.17) is 9.47 Å². The molecule has 0 aliphatic carbocycles. The smallest absolute Gasteiger partial charge is 0.317 e. The monoisotopic (exact) mass is 816 g/mol. The molecule has 4 N–H and O–H groups in total. The lowest BCUT2D eigenvalue weighted by atomic mass is 10.00. The zero-order chi connectivity index (χ0) is 41.3. The molecule has 0 aromatic heterocycles. The second-order valence-electron chi connectivity index (χ2n) is 16.8. The number of carbonyl (C=O) groups is 2. The quantitative estimate of drug-likeness (QED) is 0.143. The second kappa shape index (κ2) is 19.9. The Balaban J connectivity index is 0.750. The van der Waals surface area contributed by atoms with E-state index in [-0.39, 0.29) is 37.4 Å². The van der Waals surface area contributed by atoms with E-state index in [2.05, 4.69) is 75.0 Å². The van der Waals surface area contributed by atoms with Crippen molar-refractivity contribution < 1.29 is 29.3 Å². The molecule has 0 bridgehead atoms. The lowest BCUT2D eigenvalue weighted by molar-refractivity contribution is 0.0900. The summed E-state index contributed by atoms with van der Waals surface area (Å²) >= 11 is 0. The lowest BCUT2D eigenvalue weighted by Gasteiger charge is -2.34. The van der Waals surface area contributed by atoms with Crippen LogP contribution in [0.1, 0.15) is 47.9 Å². The molecule has 0 spiro atoms. The van der Waals surface area contributed by atoms with Crippen molar-refractivity contribution in [1.82, 2.24) is 30.2 Å². The third-order valence-electron chi connectivity index (χ3n) is 12.4. The Morgan fingerprint density at radius 1 is 0.600 bits per heavy atom. The zero-order valence-electron chi connectivity index (χ0n) is 34.6. The van der Waals surface area contributed by atoms with Crippen LogP contribution in [0.3, 0.4) is 0 Å². The van der Waals surface area contributed by atoms with Crippen molar-refractivity contribution in [3.8, 4) is 22.6 Å². The molecule has 3 unspecified atom stereocenters. The van der Waals surface area contributed by atoms with E-state index in [9.17, 15) is 19.8 Å². The van der Waals surface area contributed by atoms with Gasteiger partial charge in [0.25, 0.3) is 0 Å². The highest BCUT2D eigenvalue weighted by Crippen LogP contribution is 2.33. The second-order valence-corrected chi connectivity index (χ2v) is 16.8. The number of para-hydroxylation sites is 1. The minimum Gasteiger partial charge on any atom is -0.490 e.